The summed E-state index contributed by atoms with van der Waals surface area (Å²) in [4.78, 5) is 2.11. The number of rotatable bonds is 9. The molecule has 2 aromatic carbocycles. The van der Waals surface area contributed by atoms with E-state index in [0.29, 0.717) is 13.2 Å². The van der Waals surface area contributed by atoms with Crippen LogP contribution >= 0.6 is 0 Å². The summed E-state index contributed by atoms with van der Waals surface area (Å²) >= 11 is 0. The number of benzene rings is 2. The second kappa shape index (κ2) is 9.61. The Morgan fingerprint density at radius 2 is 1.76 bits per heavy atom. The van der Waals surface area contributed by atoms with E-state index in [0.717, 1.165) is 41.3 Å². The predicted octanol–water partition coefficient (Wildman–Crippen LogP) is 4.27. The van der Waals surface area contributed by atoms with Crippen LogP contribution in [0.3, 0.4) is 0 Å². The van der Waals surface area contributed by atoms with Gasteiger partial charge >= 0.3 is 0 Å². The van der Waals surface area contributed by atoms with E-state index in [1.54, 1.807) is 0 Å². The summed E-state index contributed by atoms with van der Waals surface area (Å²) in [7, 11) is 6.07. The minimum atomic E-state index is 0.614. The molecule has 0 atom stereocenters. The number of para-hydroxylation sites is 1. The van der Waals surface area contributed by atoms with Gasteiger partial charge in [-0.2, -0.15) is 5.10 Å². The van der Waals surface area contributed by atoms with Crippen molar-refractivity contribution in [3.05, 3.63) is 65.5 Å². The summed E-state index contributed by atoms with van der Waals surface area (Å²) in [6, 6.07) is 16.4. The molecule has 0 bridgehead atoms. The molecule has 5 heteroatoms. The van der Waals surface area contributed by atoms with Crippen molar-refractivity contribution in [1.82, 2.24) is 14.7 Å². The van der Waals surface area contributed by atoms with Crippen molar-refractivity contribution in [2.24, 2.45) is 7.05 Å². The summed E-state index contributed by atoms with van der Waals surface area (Å²) in [5.74, 6) is 1.76. The maximum absolute atomic E-state index is 6.18. The average molecular weight is 394 g/mol. The van der Waals surface area contributed by atoms with Crippen molar-refractivity contribution < 1.29 is 9.47 Å². The van der Waals surface area contributed by atoms with E-state index in [-0.39, 0.29) is 0 Å². The molecule has 0 fully saturated rings. The molecule has 0 spiro atoms. The Kier molecular flexibility index (Phi) is 6.94. The molecular weight excluding hydrogens is 362 g/mol. The fraction of sp³-hybridized carbons (Fsp3) is 0.375. The predicted molar refractivity (Wildman–Crippen MR) is 118 cm³/mol. The van der Waals surface area contributed by atoms with Crippen LogP contribution in [0.5, 0.6) is 11.5 Å². The maximum Gasteiger partial charge on any atom is 0.127 e. The molecule has 0 radical (unpaired) electrons. The molecule has 1 aromatic heterocycles. The topological polar surface area (TPSA) is 39.5 Å². The normalized spacial score (nSPS) is 11.1. The van der Waals surface area contributed by atoms with E-state index in [2.05, 4.69) is 42.0 Å². The van der Waals surface area contributed by atoms with E-state index >= 15 is 0 Å². The van der Waals surface area contributed by atoms with Gasteiger partial charge in [-0.05, 0) is 57.3 Å². The third-order valence-corrected chi connectivity index (χ3v) is 5.11. The van der Waals surface area contributed by atoms with Gasteiger partial charge in [0.1, 0.15) is 18.1 Å². The molecule has 1 heterocycles. The van der Waals surface area contributed by atoms with Crippen LogP contribution in [0.4, 0.5) is 0 Å². The molecule has 29 heavy (non-hydrogen) atoms. The van der Waals surface area contributed by atoms with Crippen molar-refractivity contribution in [1.29, 1.82) is 0 Å². The summed E-state index contributed by atoms with van der Waals surface area (Å²) in [5.41, 5.74) is 5.70. The van der Waals surface area contributed by atoms with Crippen LogP contribution in [-0.4, -0.2) is 48.5 Å². The van der Waals surface area contributed by atoms with Gasteiger partial charge in [0, 0.05) is 31.3 Å². The first-order valence-electron chi connectivity index (χ1n) is 10.0. The van der Waals surface area contributed by atoms with Crippen LogP contribution < -0.4 is 9.47 Å². The zero-order valence-corrected chi connectivity index (χ0v) is 18.1. The highest BCUT2D eigenvalue weighted by molar-refractivity contribution is 5.71. The Balaban J connectivity index is 1.70. The van der Waals surface area contributed by atoms with E-state index in [1.807, 2.05) is 56.2 Å². The summed E-state index contributed by atoms with van der Waals surface area (Å²) < 4.78 is 14.0. The fourth-order valence-electron chi connectivity index (χ4n) is 3.37. The average Bonchev–Trinajstić information content (AvgIpc) is 2.94. The Hall–Kier alpha value is -2.79. The molecule has 5 nitrogen and oxygen atoms in total. The molecule has 3 rings (SSSR count). The Morgan fingerprint density at radius 3 is 2.48 bits per heavy atom. The quantitative estimate of drug-likeness (QED) is 0.544. The van der Waals surface area contributed by atoms with Crippen LogP contribution in [0.1, 0.15) is 17.0 Å². The highest BCUT2D eigenvalue weighted by Crippen LogP contribution is 2.32. The number of aromatic nitrogens is 2. The lowest BCUT2D eigenvalue weighted by Crippen LogP contribution is -2.19. The molecule has 3 aromatic rings. The van der Waals surface area contributed by atoms with E-state index < -0.39 is 0 Å². The minimum absolute atomic E-state index is 0.614. The second-order valence-electron chi connectivity index (χ2n) is 7.55. The molecule has 0 aliphatic heterocycles. The molecule has 0 N–H and O–H groups in total. The third-order valence-electron chi connectivity index (χ3n) is 5.11. The van der Waals surface area contributed by atoms with Gasteiger partial charge < -0.3 is 14.4 Å². The fourth-order valence-corrected chi connectivity index (χ4v) is 3.37. The number of aryl methyl sites for hydroxylation is 2. The zero-order chi connectivity index (χ0) is 20.8. The minimum Gasteiger partial charge on any atom is -0.493 e. The van der Waals surface area contributed by atoms with Crippen molar-refractivity contribution in [2.45, 2.75) is 20.3 Å². The lowest BCUT2D eigenvalue weighted by Gasteiger charge is -2.14. The maximum atomic E-state index is 6.18. The van der Waals surface area contributed by atoms with E-state index in [4.69, 9.17) is 9.47 Å². The second-order valence-corrected chi connectivity index (χ2v) is 7.55. The van der Waals surface area contributed by atoms with Crippen molar-refractivity contribution in [3.63, 3.8) is 0 Å². The van der Waals surface area contributed by atoms with Gasteiger partial charge in [0.15, 0.2) is 0 Å². The number of hydrogen-bond donors (Lipinski definition) is 0. The van der Waals surface area contributed by atoms with Crippen LogP contribution in [0, 0.1) is 13.8 Å². The van der Waals surface area contributed by atoms with Gasteiger partial charge in [0.2, 0.25) is 0 Å². The smallest absolute Gasteiger partial charge is 0.127 e. The summed E-state index contributed by atoms with van der Waals surface area (Å²) in [6.45, 7) is 6.32. The molecule has 0 aliphatic carbocycles. The Morgan fingerprint density at radius 1 is 0.966 bits per heavy atom. The molecule has 0 saturated carbocycles. The van der Waals surface area contributed by atoms with Crippen LogP contribution in [0.25, 0.3) is 11.1 Å². The Labute approximate surface area is 173 Å². The van der Waals surface area contributed by atoms with Gasteiger partial charge in [-0.1, -0.05) is 30.3 Å². The first-order chi connectivity index (χ1) is 14.0. The van der Waals surface area contributed by atoms with Gasteiger partial charge in [-0.25, -0.2) is 0 Å². The molecule has 0 unspecified atom stereocenters. The Bertz CT molecular complexity index is 947. The molecule has 154 valence electrons. The highest BCUT2D eigenvalue weighted by atomic mass is 16.5. The van der Waals surface area contributed by atoms with Gasteiger partial charge in [0.05, 0.1) is 12.3 Å². The van der Waals surface area contributed by atoms with Gasteiger partial charge in [-0.3, -0.25) is 4.68 Å². The van der Waals surface area contributed by atoms with Crippen molar-refractivity contribution in [2.75, 3.05) is 33.9 Å². The SMILES string of the molecule is Cc1nn(C)c(C)c1CCOc1ccccc1-c1cccc(OCCN(C)C)c1. The number of likely N-dealkylation sites (N-methyl/N-ethyl adjacent to an activating group) is 1. The lowest BCUT2D eigenvalue weighted by molar-refractivity contribution is 0.261. The van der Waals surface area contributed by atoms with Gasteiger partial charge in [0.25, 0.3) is 0 Å². The molecule has 0 aliphatic rings. The monoisotopic (exact) mass is 393 g/mol. The first kappa shape index (κ1) is 20.9. The number of ether oxygens (including phenoxy) is 2. The summed E-state index contributed by atoms with van der Waals surface area (Å²) in [5, 5.41) is 4.49. The molecule has 0 amide bonds. The van der Waals surface area contributed by atoms with Crippen LogP contribution in [0.15, 0.2) is 48.5 Å². The zero-order valence-electron chi connectivity index (χ0n) is 18.1. The number of hydrogen-bond acceptors (Lipinski definition) is 4. The van der Waals surface area contributed by atoms with Gasteiger partial charge in [-0.15, -0.1) is 0 Å². The van der Waals surface area contributed by atoms with Crippen molar-refractivity contribution >= 4 is 0 Å². The highest BCUT2D eigenvalue weighted by Gasteiger charge is 2.11. The summed E-state index contributed by atoms with van der Waals surface area (Å²) in [6.07, 6.45) is 0.841. The van der Waals surface area contributed by atoms with Crippen LogP contribution in [-0.2, 0) is 13.5 Å². The lowest BCUT2D eigenvalue weighted by atomic mass is 10.0. The standard InChI is InChI=1S/C24H31N3O2/c1-18-22(19(2)27(5)25-18)13-15-29-24-12-7-6-11-23(24)20-9-8-10-21(17-20)28-16-14-26(3)4/h6-12,17H,13-16H2,1-5H3. The molecule has 0 saturated heterocycles. The van der Waals surface area contributed by atoms with E-state index in [9.17, 15) is 0 Å². The molecular formula is C24H31N3O2. The van der Waals surface area contributed by atoms with E-state index in [1.165, 1.54) is 11.3 Å². The first-order valence-corrected chi connectivity index (χ1v) is 10.0. The third kappa shape index (κ3) is 5.39. The number of nitrogens with zero attached hydrogens (tertiary/aromatic N) is 3. The van der Waals surface area contributed by atoms with Crippen LogP contribution in [0.2, 0.25) is 0 Å². The van der Waals surface area contributed by atoms with Crippen molar-refractivity contribution in [3.8, 4) is 22.6 Å². The largest absolute Gasteiger partial charge is 0.493 e.